The van der Waals surface area contributed by atoms with E-state index in [9.17, 15) is 9.59 Å². The third kappa shape index (κ3) is 5.00. The Labute approximate surface area is 155 Å². The van der Waals surface area contributed by atoms with Crippen molar-refractivity contribution in [2.24, 2.45) is 0 Å². The molecule has 6 heteroatoms. The molecule has 1 amide bonds. The molecule has 1 N–H and O–H groups in total. The molecule has 0 atom stereocenters. The largest absolute Gasteiger partial charge is 0.486 e. The summed E-state index contributed by atoms with van der Waals surface area (Å²) in [5, 5.41) is 5.47. The van der Waals surface area contributed by atoms with Gasteiger partial charge < -0.3 is 10.1 Å². The molecule has 0 saturated carbocycles. The number of hydrogen-bond donors (Lipinski definition) is 1. The number of ketones is 1. The van der Waals surface area contributed by atoms with Gasteiger partial charge in [-0.25, -0.2) is 4.98 Å². The van der Waals surface area contributed by atoms with Crippen LogP contribution in [0.5, 0.6) is 5.75 Å². The van der Waals surface area contributed by atoms with E-state index in [1.165, 1.54) is 18.3 Å². The summed E-state index contributed by atoms with van der Waals surface area (Å²) < 4.78 is 5.66. The second-order valence-corrected chi connectivity index (χ2v) is 6.64. The molecule has 3 rings (SSSR count). The number of benzene rings is 2. The van der Waals surface area contributed by atoms with Gasteiger partial charge in [-0.3, -0.25) is 9.59 Å². The Kier molecular flexibility index (Phi) is 5.76. The van der Waals surface area contributed by atoms with E-state index >= 15 is 0 Å². The van der Waals surface area contributed by atoms with Gasteiger partial charge in [-0.05, 0) is 31.2 Å². The fourth-order valence-corrected chi connectivity index (χ4v) is 3.05. The van der Waals surface area contributed by atoms with Crippen LogP contribution in [0.2, 0.25) is 0 Å². The molecule has 0 aliphatic rings. The highest BCUT2D eigenvalue weighted by Gasteiger charge is 2.09. The molecule has 0 aliphatic heterocycles. The molecule has 0 fully saturated rings. The number of ether oxygens (including phenoxy) is 1. The van der Waals surface area contributed by atoms with Gasteiger partial charge in [0.05, 0.1) is 12.1 Å². The molecule has 0 aliphatic carbocycles. The summed E-state index contributed by atoms with van der Waals surface area (Å²) in [5.74, 6) is 0.572. The molecule has 1 heterocycles. The van der Waals surface area contributed by atoms with E-state index in [0.717, 1.165) is 10.8 Å². The van der Waals surface area contributed by atoms with Crippen molar-refractivity contribution >= 4 is 28.7 Å². The molecule has 1 aromatic heterocycles. The summed E-state index contributed by atoms with van der Waals surface area (Å²) in [6.07, 6.45) is 0.173. The van der Waals surface area contributed by atoms with E-state index in [-0.39, 0.29) is 18.1 Å². The second kappa shape index (κ2) is 8.40. The molecule has 5 nitrogen and oxygen atoms in total. The molecule has 2 aromatic carbocycles. The van der Waals surface area contributed by atoms with E-state index in [0.29, 0.717) is 23.6 Å². The Morgan fingerprint density at radius 1 is 1.12 bits per heavy atom. The van der Waals surface area contributed by atoms with Crippen LogP contribution in [0.15, 0.2) is 60.0 Å². The molecule has 0 unspecified atom stereocenters. The highest BCUT2D eigenvalue weighted by molar-refractivity contribution is 7.09. The normalized spacial score (nSPS) is 10.3. The maximum atomic E-state index is 12.2. The van der Waals surface area contributed by atoms with Crippen LogP contribution in [0.4, 0.5) is 5.69 Å². The zero-order chi connectivity index (χ0) is 18.4. The van der Waals surface area contributed by atoms with Crippen LogP contribution in [0.25, 0.3) is 0 Å². The van der Waals surface area contributed by atoms with Crippen LogP contribution in [-0.2, 0) is 17.8 Å². The van der Waals surface area contributed by atoms with Crippen molar-refractivity contribution in [1.29, 1.82) is 0 Å². The van der Waals surface area contributed by atoms with Crippen molar-refractivity contribution in [3.63, 3.8) is 0 Å². The van der Waals surface area contributed by atoms with Crippen LogP contribution in [0.3, 0.4) is 0 Å². The second-order valence-electron chi connectivity index (χ2n) is 5.70. The SMILES string of the molecule is CC(=O)c1cccc(NC(=O)Cc2csc(COc3ccccc3)n2)c1. The van der Waals surface area contributed by atoms with Gasteiger partial charge in [0, 0.05) is 16.6 Å². The van der Waals surface area contributed by atoms with Crippen LogP contribution in [-0.4, -0.2) is 16.7 Å². The minimum absolute atomic E-state index is 0.0383. The number of thiazole rings is 1. The van der Waals surface area contributed by atoms with Gasteiger partial charge in [0.15, 0.2) is 5.78 Å². The first-order valence-electron chi connectivity index (χ1n) is 8.12. The van der Waals surface area contributed by atoms with Crippen molar-refractivity contribution < 1.29 is 14.3 Å². The standard InChI is InChI=1S/C20H18N2O3S/c1-14(23)15-6-5-7-16(10-15)21-19(24)11-17-13-26-20(22-17)12-25-18-8-3-2-4-9-18/h2-10,13H,11-12H2,1H3,(H,21,24). The van der Waals surface area contributed by atoms with Gasteiger partial charge in [-0.2, -0.15) is 0 Å². The Morgan fingerprint density at radius 3 is 2.69 bits per heavy atom. The monoisotopic (exact) mass is 366 g/mol. The van der Waals surface area contributed by atoms with Crippen molar-refractivity contribution in [3.8, 4) is 5.75 Å². The summed E-state index contributed by atoms with van der Waals surface area (Å²) in [4.78, 5) is 28.0. The molecule has 132 valence electrons. The van der Waals surface area contributed by atoms with Gasteiger partial charge in [-0.1, -0.05) is 30.3 Å². The van der Waals surface area contributed by atoms with E-state index in [2.05, 4.69) is 10.3 Å². The number of nitrogens with zero attached hydrogens (tertiary/aromatic N) is 1. The average Bonchev–Trinajstić information content (AvgIpc) is 3.08. The van der Waals surface area contributed by atoms with Gasteiger partial charge in [-0.15, -0.1) is 11.3 Å². The lowest BCUT2D eigenvalue weighted by molar-refractivity contribution is -0.115. The van der Waals surface area contributed by atoms with Gasteiger partial charge in [0.2, 0.25) is 5.91 Å². The number of carbonyl (C=O) groups excluding carboxylic acids is 2. The summed E-state index contributed by atoms with van der Waals surface area (Å²) in [5.41, 5.74) is 1.87. The van der Waals surface area contributed by atoms with Crippen molar-refractivity contribution in [3.05, 3.63) is 76.2 Å². The van der Waals surface area contributed by atoms with E-state index in [4.69, 9.17) is 4.74 Å². The summed E-state index contributed by atoms with van der Waals surface area (Å²) >= 11 is 1.46. The zero-order valence-corrected chi connectivity index (χ0v) is 15.1. The lowest BCUT2D eigenvalue weighted by atomic mass is 10.1. The fourth-order valence-electron chi connectivity index (χ4n) is 2.34. The zero-order valence-electron chi connectivity index (χ0n) is 14.3. The first kappa shape index (κ1) is 17.8. The number of carbonyl (C=O) groups is 2. The molecule has 0 saturated heterocycles. The number of aromatic nitrogens is 1. The molecule has 0 spiro atoms. The smallest absolute Gasteiger partial charge is 0.230 e. The molecule has 3 aromatic rings. The topological polar surface area (TPSA) is 68.3 Å². The number of amides is 1. The highest BCUT2D eigenvalue weighted by atomic mass is 32.1. The van der Waals surface area contributed by atoms with Gasteiger partial charge >= 0.3 is 0 Å². The summed E-state index contributed by atoms with van der Waals surface area (Å²) in [6, 6.07) is 16.4. The van der Waals surface area contributed by atoms with Crippen LogP contribution < -0.4 is 10.1 Å². The third-order valence-electron chi connectivity index (χ3n) is 3.60. The molecule has 0 radical (unpaired) electrons. The predicted octanol–water partition coefficient (Wildman–Crippen LogP) is 4.11. The van der Waals surface area contributed by atoms with Crippen LogP contribution in [0, 0.1) is 0 Å². The minimum atomic E-state index is -0.175. The summed E-state index contributed by atoms with van der Waals surface area (Å²) in [6.45, 7) is 1.87. The van der Waals surface area contributed by atoms with E-state index in [1.807, 2.05) is 35.7 Å². The maximum Gasteiger partial charge on any atom is 0.230 e. The van der Waals surface area contributed by atoms with Crippen molar-refractivity contribution in [2.75, 3.05) is 5.32 Å². The Bertz CT molecular complexity index is 906. The third-order valence-corrected chi connectivity index (χ3v) is 4.47. The first-order chi connectivity index (χ1) is 12.6. The van der Waals surface area contributed by atoms with Gasteiger partial charge in [0.25, 0.3) is 0 Å². The lowest BCUT2D eigenvalue weighted by Gasteiger charge is -2.05. The van der Waals surface area contributed by atoms with E-state index < -0.39 is 0 Å². The van der Waals surface area contributed by atoms with Crippen molar-refractivity contribution in [1.82, 2.24) is 4.98 Å². The quantitative estimate of drug-likeness (QED) is 0.639. The number of rotatable bonds is 7. The number of anilines is 1. The van der Waals surface area contributed by atoms with Crippen molar-refractivity contribution in [2.45, 2.75) is 20.0 Å². The fraction of sp³-hybridized carbons (Fsp3) is 0.150. The number of Topliss-reactive ketones (excluding diaryl/α,β-unsaturated/α-hetero) is 1. The van der Waals surface area contributed by atoms with Crippen LogP contribution >= 0.6 is 11.3 Å². The summed E-state index contributed by atoms with van der Waals surface area (Å²) in [7, 11) is 0. The first-order valence-corrected chi connectivity index (χ1v) is 9.00. The Morgan fingerprint density at radius 2 is 1.92 bits per heavy atom. The average molecular weight is 366 g/mol. The van der Waals surface area contributed by atoms with Crippen LogP contribution in [0.1, 0.15) is 28.0 Å². The molecule has 26 heavy (non-hydrogen) atoms. The maximum absolute atomic E-state index is 12.2. The molecular weight excluding hydrogens is 348 g/mol. The molecule has 0 bridgehead atoms. The lowest BCUT2D eigenvalue weighted by Crippen LogP contribution is -2.15. The predicted molar refractivity (Wildman–Crippen MR) is 102 cm³/mol. The minimum Gasteiger partial charge on any atom is -0.486 e. The number of hydrogen-bond acceptors (Lipinski definition) is 5. The number of nitrogens with one attached hydrogen (secondary N) is 1. The Balaban J connectivity index is 1.54. The molecular formula is C20H18N2O3S. The van der Waals surface area contributed by atoms with Gasteiger partial charge in [0.1, 0.15) is 17.4 Å². The highest BCUT2D eigenvalue weighted by Crippen LogP contribution is 2.16. The number of para-hydroxylation sites is 1. The van der Waals surface area contributed by atoms with E-state index in [1.54, 1.807) is 24.3 Å². The Hall–Kier alpha value is -2.99.